The van der Waals surface area contributed by atoms with Crippen molar-refractivity contribution in [2.75, 3.05) is 13.1 Å². The molecule has 0 aromatic carbocycles. The van der Waals surface area contributed by atoms with Crippen LogP contribution in [0.5, 0.6) is 0 Å². The van der Waals surface area contributed by atoms with Gasteiger partial charge in [0.2, 0.25) is 0 Å². The predicted molar refractivity (Wildman–Crippen MR) is 68.3 cm³/mol. The van der Waals surface area contributed by atoms with Crippen LogP contribution in [0.25, 0.3) is 0 Å². The molecular weight excluding hydrogens is 238 g/mol. The Bertz CT molecular complexity index is 407. The maximum atomic E-state index is 10.6. The van der Waals surface area contributed by atoms with E-state index in [1.807, 2.05) is 5.38 Å². The zero-order valence-corrected chi connectivity index (χ0v) is 10.9. The summed E-state index contributed by atoms with van der Waals surface area (Å²) in [6.45, 7) is 7.12. The number of hydrogen-bond acceptors (Lipinski definition) is 5. The molecule has 0 spiro atoms. The molecule has 5 nitrogen and oxygen atoms in total. The van der Waals surface area contributed by atoms with Crippen molar-refractivity contribution in [1.29, 1.82) is 0 Å². The minimum atomic E-state index is -0.321. The molecule has 17 heavy (non-hydrogen) atoms. The van der Waals surface area contributed by atoms with Crippen molar-refractivity contribution in [2.45, 2.75) is 32.5 Å². The van der Waals surface area contributed by atoms with E-state index in [-0.39, 0.29) is 9.92 Å². The third-order valence-electron chi connectivity index (χ3n) is 3.10. The van der Waals surface area contributed by atoms with Gasteiger partial charge in [0.25, 0.3) is 0 Å². The first-order valence-electron chi connectivity index (χ1n) is 5.75. The smallest absolute Gasteiger partial charge is 0.311 e. The van der Waals surface area contributed by atoms with Crippen molar-refractivity contribution in [1.82, 2.24) is 10.2 Å². The molecule has 1 saturated heterocycles. The highest BCUT2D eigenvalue weighted by molar-refractivity contribution is 7.13. The highest BCUT2D eigenvalue weighted by Gasteiger charge is 2.23. The van der Waals surface area contributed by atoms with Gasteiger partial charge < -0.3 is 5.32 Å². The summed E-state index contributed by atoms with van der Waals surface area (Å²) in [6.07, 6.45) is 0. The molecule has 1 fully saturated rings. The molecule has 2 unspecified atom stereocenters. The van der Waals surface area contributed by atoms with Gasteiger partial charge in [0, 0.05) is 43.2 Å². The van der Waals surface area contributed by atoms with E-state index in [4.69, 9.17) is 0 Å². The van der Waals surface area contributed by atoms with Gasteiger partial charge in [0.1, 0.15) is 0 Å². The molecule has 1 N–H and O–H groups in total. The summed E-state index contributed by atoms with van der Waals surface area (Å²) in [5.41, 5.74) is 1.04. The van der Waals surface area contributed by atoms with Crippen LogP contribution in [0.1, 0.15) is 19.4 Å². The lowest BCUT2D eigenvalue weighted by Gasteiger charge is -2.37. The van der Waals surface area contributed by atoms with Gasteiger partial charge in [-0.1, -0.05) is 11.3 Å². The Labute approximate surface area is 105 Å². The molecule has 1 aliphatic rings. The summed E-state index contributed by atoms with van der Waals surface area (Å²) in [5.74, 6) is 0. The van der Waals surface area contributed by atoms with Gasteiger partial charge >= 0.3 is 5.00 Å². The summed E-state index contributed by atoms with van der Waals surface area (Å²) in [4.78, 5) is 12.7. The first kappa shape index (κ1) is 12.5. The Hall–Kier alpha value is -0.980. The van der Waals surface area contributed by atoms with Crippen LogP contribution in [0.2, 0.25) is 0 Å². The van der Waals surface area contributed by atoms with Gasteiger partial charge in [-0.2, -0.15) is 0 Å². The second kappa shape index (κ2) is 5.12. The number of hydrogen-bond donors (Lipinski definition) is 1. The van der Waals surface area contributed by atoms with E-state index >= 15 is 0 Å². The number of thiophene rings is 1. The van der Waals surface area contributed by atoms with Crippen LogP contribution in [0.15, 0.2) is 11.4 Å². The van der Waals surface area contributed by atoms with Crippen LogP contribution in [0, 0.1) is 10.1 Å². The van der Waals surface area contributed by atoms with Crippen molar-refractivity contribution in [2.24, 2.45) is 0 Å². The van der Waals surface area contributed by atoms with E-state index in [9.17, 15) is 10.1 Å². The van der Waals surface area contributed by atoms with Crippen LogP contribution in [0.4, 0.5) is 5.00 Å². The maximum Gasteiger partial charge on any atom is 0.324 e. The van der Waals surface area contributed by atoms with Gasteiger partial charge in [0.05, 0.1) is 4.92 Å². The minimum absolute atomic E-state index is 0.232. The van der Waals surface area contributed by atoms with Crippen molar-refractivity contribution < 1.29 is 4.92 Å². The third-order valence-corrected chi connectivity index (χ3v) is 4.03. The van der Waals surface area contributed by atoms with Crippen LogP contribution in [0.3, 0.4) is 0 Å². The van der Waals surface area contributed by atoms with Gasteiger partial charge in [0.15, 0.2) is 0 Å². The fourth-order valence-electron chi connectivity index (χ4n) is 2.09. The molecule has 6 heteroatoms. The van der Waals surface area contributed by atoms with Crippen molar-refractivity contribution in [3.63, 3.8) is 0 Å². The minimum Gasteiger partial charge on any atom is -0.311 e. The van der Waals surface area contributed by atoms with Crippen molar-refractivity contribution >= 4 is 16.3 Å². The molecule has 0 aliphatic carbocycles. The normalized spacial score (nSPS) is 26.0. The summed E-state index contributed by atoms with van der Waals surface area (Å²) < 4.78 is 0. The lowest BCUT2D eigenvalue weighted by molar-refractivity contribution is -0.380. The maximum absolute atomic E-state index is 10.6. The van der Waals surface area contributed by atoms with E-state index in [1.54, 1.807) is 6.07 Å². The van der Waals surface area contributed by atoms with Gasteiger partial charge in [-0.05, 0) is 19.4 Å². The summed E-state index contributed by atoms with van der Waals surface area (Å²) >= 11 is 1.21. The molecule has 0 bridgehead atoms. The van der Waals surface area contributed by atoms with Crippen LogP contribution < -0.4 is 5.32 Å². The number of nitro groups is 1. The van der Waals surface area contributed by atoms with Crippen LogP contribution in [-0.2, 0) is 6.54 Å². The molecule has 2 heterocycles. The average molecular weight is 255 g/mol. The second-order valence-electron chi connectivity index (χ2n) is 4.64. The molecule has 1 aromatic heterocycles. The molecule has 0 radical (unpaired) electrons. The zero-order chi connectivity index (χ0) is 12.4. The number of nitrogens with zero attached hydrogens (tertiary/aromatic N) is 2. The standard InChI is InChI=1S/C11H17N3O2S/c1-8-5-13(9(2)4-12-8)6-10-3-11(14(15)16)17-7-10/h3,7-9,12H,4-6H2,1-2H3. The first-order valence-corrected chi connectivity index (χ1v) is 6.63. The molecule has 0 saturated carbocycles. The first-order chi connectivity index (χ1) is 8.06. The summed E-state index contributed by atoms with van der Waals surface area (Å²) in [5, 5.41) is 16.2. The molecule has 1 aliphatic heterocycles. The molecular formula is C11H17N3O2S. The third kappa shape index (κ3) is 3.02. The van der Waals surface area contributed by atoms with Gasteiger partial charge in [-0.15, -0.1) is 0 Å². The Morgan fingerprint density at radius 1 is 1.65 bits per heavy atom. The van der Waals surface area contributed by atoms with E-state index < -0.39 is 0 Å². The summed E-state index contributed by atoms with van der Waals surface area (Å²) in [6, 6.07) is 2.65. The molecule has 0 amide bonds. The molecule has 1 aromatic rings. The monoisotopic (exact) mass is 255 g/mol. The Kier molecular flexibility index (Phi) is 3.76. The molecule has 94 valence electrons. The Morgan fingerprint density at radius 2 is 2.41 bits per heavy atom. The Balaban J connectivity index is 2.01. The predicted octanol–water partition coefficient (Wildman–Crippen LogP) is 1.84. The van der Waals surface area contributed by atoms with E-state index in [2.05, 4.69) is 24.1 Å². The van der Waals surface area contributed by atoms with E-state index in [1.165, 1.54) is 11.3 Å². The second-order valence-corrected chi connectivity index (χ2v) is 5.53. The lowest BCUT2D eigenvalue weighted by Crippen LogP contribution is -2.53. The van der Waals surface area contributed by atoms with Crippen molar-refractivity contribution in [3.8, 4) is 0 Å². The number of piperazine rings is 1. The quantitative estimate of drug-likeness (QED) is 0.661. The number of nitrogens with one attached hydrogen (secondary N) is 1. The van der Waals surface area contributed by atoms with Gasteiger partial charge in [-0.25, -0.2) is 0 Å². The largest absolute Gasteiger partial charge is 0.324 e. The van der Waals surface area contributed by atoms with Crippen LogP contribution in [-0.4, -0.2) is 35.0 Å². The Morgan fingerprint density at radius 3 is 3.06 bits per heavy atom. The fraction of sp³-hybridized carbons (Fsp3) is 0.636. The van der Waals surface area contributed by atoms with E-state index in [0.717, 1.165) is 25.2 Å². The highest BCUT2D eigenvalue weighted by Crippen LogP contribution is 2.24. The lowest BCUT2D eigenvalue weighted by atomic mass is 10.1. The number of rotatable bonds is 3. The zero-order valence-electron chi connectivity index (χ0n) is 10.0. The SMILES string of the molecule is CC1CN(Cc2csc([N+](=O)[O-])c2)C(C)CN1. The average Bonchev–Trinajstić information content (AvgIpc) is 2.72. The molecule has 2 atom stereocenters. The van der Waals surface area contributed by atoms with E-state index in [0.29, 0.717) is 12.1 Å². The fourth-order valence-corrected chi connectivity index (χ4v) is 2.81. The van der Waals surface area contributed by atoms with Crippen molar-refractivity contribution in [3.05, 3.63) is 27.1 Å². The topological polar surface area (TPSA) is 58.4 Å². The van der Waals surface area contributed by atoms with Gasteiger partial charge in [-0.3, -0.25) is 15.0 Å². The molecule has 2 rings (SSSR count). The summed E-state index contributed by atoms with van der Waals surface area (Å²) in [7, 11) is 0. The highest BCUT2D eigenvalue weighted by atomic mass is 32.1. The van der Waals surface area contributed by atoms with Crippen LogP contribution >= 0.6 is 11.3 Å².